The SMILES string of the molecule is COc1ccc(C)cc1N1C[C@H](C(=O)OCC(=O)Nc2cc(F)ccc2F)CC1=O. The summed E-state index contributed by atoms with van der Waals surface area (Å²) in [4.78, 5) is 38.1. The molecule has 0 aliphatic carbocycles. The summed E-state index contributed by atoms with van der Waals surface area (Å²) in [6.07, 6.45) is -0.0733. The molecular formula is C21H20F2N2O5. The van der Waals surface area contributed by atoms with Gasteiger partial charge >= 0.3 is 5.97 Å². The van der Waals surface area contributed by atoms with Gasteiger partial charge in [-0.1, -0.05) is 6.07 Å². The van der Waals surface area contributed by atoms with Gasteiger partial charge in [-0.15, -0.1) is 0 Å². The number of methoxy groups -OCH3 is 1. The standard InChI is InChI=1S/C21H20F2N2O5/c1-12-3-6-18(29-2)17(7-12)25-10-13(8-20(25)27)21(28)30-11-19(26)24-16-9-14(22)4-5-15(16)23/h3-7,9,13H,8,10-11H2,1-2H3,(H,24,26)/t13-/m1/s1. The zero-order chi connectivity index (χ0) is 21.8. The molecule has 1 fully saturated rings. The molecule has 158 valence electrons. The maximum absolute atomic E-state index is 13.6. The molecule has 0 bridgehead atoms. The van der Waals surface area contributed by atoms with Gasteiger partial charge in [0.05, 0.1) is 24.4 Å². The molecule has 2 aromatic rings. The van der Waals surface area contributed by atoms with E-state index in [1.807, 2.05) is 13.0 Å². The highest BCUT2D eigenvalue weighted by atomic mass is 19.1. The zero-order valence-corrected chi connectivity index (χ0v) is 16.4. The Labute approximate surface area is 171 Å². The fourth-order valence-electron chi connectivity index (χ4n) is 3.14. The number of halogens is 2. The number of anilines is 2. The molecule has 1 aliphatic heterocycles. The van der Waals surface area contributed by atoms with Crippen LogP contribution in [0.15, 0.2) is 36.4 Å². The van der Waals surface area contributed by atoms with E-state index in [0.29, 0.717) is 11.4 Å². The molecule has 30 heavy (non-hydrogen) atoms. The smallest absolute Gasteiger partial charge is 0.311 e. The van der Waals surface area contributed by atoms with Gasteiger partial charge in [-0.05, 0) is 36.8 Å². The van der Waals surface area contributed by atoms with Gasteiger partial charge in [-0.25, -0.2) is 8.78 Å². The molecule has 9 heteroatoms. The van der Waals surface area contributed by atoms with Crippen LogP contribution in [-0.4, -0.2) is 38.0 Å². The summed E-state index contributed by atoms with van der Waals surface area (Å²) in [5.41, 5.74) is 1.12. The van der Waals surface area contributed by atoms with Crippen molar-refractivity contribution in [3.63, 3.8) is 0 Å². The highest BCUT2D eigenvalue weighted by Crippen LogP contribution is 2.34. The second-order valence-corrected chi connectivity index (χ2v) is 6.86. The molecule has 7 nitrogen and oxygen atoms in total. The highest BCUT2D eigenvalue weighted by molar-refractivity contribution is 6.01. The number of carbonyl (C=O) groups is 3. The fourth-order valence-corrected chi connectivity index (χ4v) is 3.14. The Morgan fingerprint density at radius 1 is 1.20 bits per heavy atom. The fraction of sp³-hybridized carbons (Fsp3) is 0.286. The van der Waals surface area contributed by atoms with Crippen molar-refractivity contribution >= 4 is 29.2 Å². The van der Waals surface area contributed by atoms with E-state index in [0.717, 1.165) is 23.8 Å². The molecule has 0 aromatic heterocycles. The van der Waals surface area contributed by atoms with Gasteiger partial charge in [0.1, 0.15) is 17.4 Å². The maximum Gasteiger partial charge on any atom is 0.311 e. The molecule has 0 radical (unpaired) electrons. The lowest BCUT2D eigenvalue weighted by atomic mass is 10.1. The topological polar surface area (TPSA) is 84.9 Å². The summed E-state index contributed by atoms with van der Waals surface area (Å²) >= 11 is 0. The molecule has 2 aromatic carbocycles. The van der Waals surface area contributed by atoms with Crippen molar-refractivity contribution in [2.45, 2.75) is 13.3 Å². The first kappa shape index (κ1) is 21.2. The number of rotatable bonds is 6. The molecular weight excluding hydrogens is 398 g/mol. The van der Waals surface area contributed by atoms with Crippen molar-refractivity contribution in [2.75, 3.05) is 30.5 Å². The number of carbonyl (C=O) groups excluding carboxylic acids is 3. The summed E-state index contributed by atoms with van der Waals surface area (Å²) in [6.45, 7) is 1.26. The van der Waals surface area contributed by atoms with Gasteiger partial charge < -0.3 is 19.7 Å². The maximum atomic E-state index is 13.6. The molecule has 1 heterocycles. The van der Waals surface area contributed by atoms with Gasteiger partial charge in [-0.2, -0.15) is 0 Å². The number of nitrogens with zero attached hydrogens (tertiary/aromatic N) is 1. The van der Waals surface area contributed by atoms with Crippen molar-refractivity contribution < 1.29 is 32.6 Å². The molecule has 3 rings (SSSR count). The van der Waals surface area contributed by atoms with Crippen molar-refractivity contribution in [3.8, 4) is 5.75 Å². The van der Waals surface area contributed by atoms with Crippen molar-refractivity contribution in [2.24, 2.45) is 5.92 Å². The summed E-state index contributed by atoms with van der Waals surface area (Å²) < 4.78 is 37.0. The molecule has 0 spiro atoms. The van der Waals surface area contributed by atoms with Crippen molar-refractivity contribution in [1.29, 1.82) is 0 Å². The van der Waals surface area contributed by atoms with E-state index in [1.165, 1.54) is 12.0 Å². The molecule has 1 atom stereocenters. The molecule has 1 N–H and O–H groups in total. The summed E-state index contributed by atoms with van der Waals surface area (Å²) in [5, 5.41) is 2.14. The lowest BCUT2D eigenvalue weighted by molar-refractivity contribution is -0.151. The minimum atomic E-state index is -0.825. The average molecular weight is 418 g/mol. The third-order valence-corrected chi connectivity index (χ3v) is 4.63. The van der Waals surface area contributed by atoms with E-state index >= 15 is 0 Å². The van der Waals surface area contributed by atoms with Crippen molar-refractivity contribution in [1.82, 2.24) is 0 Å². The minimum Gasteiger partial charge on any atom is -0.495 e. The van der Waals surface area contributed by atoms with Crippen LogP contribution < -0.4 is 15.0 Å². The van der Waals surface area contributed by atoms with Crippen LogP contribution in [0.2, 0.25) is 0 Å². The largest absolute Gasteiger partial charge is 0.495 e. The first-order chi connectivity index (χ1) is 14.3. The van der Waals surface area contributed by atoms with E-state index in [-0.39, 0.29) is 24.6 Å². The lowest BCUT2D eigenvalue weighted by Crippen LogP contribution is -2.28. The molecule has 1 aliphatic rings. The number of nitrogens with one attached hydrogen (secondary N) is 1. The minimum absolute atomic E-state index is 0.0733. The number of hydrogen-bond acceptors (Lipinski definition) is 5. The lowest BCUT2D eigenvalue weighted by Gasteiger charge is -2.20. The van der Waals surface area contributed by atoms with E-state index in [4.69, 9.17) is 9.47 Å². The third-order valence-electron chi connectivity index (χ3n) is 4.63. The van der Waals surface area contributed by atoms with E-state index in [2.05, 4.69) is 5.32 Å². The van der Waals surface area contributed by atoms with Crippen LogP contribution in [0.3, 0.4) is 0 Å². The van der Waals surface area contributed by atoms with Gasteiger partial charge in [0.15, 0.2) is 6.61 Å². The predicted molar refractivity (Wildman–Crippen MR) is 104 cm³/mol. The number of amides is 2. The van der Waals surface area contributed by atoms with Gasteiger partial charge in [0.25, 0.3) is 5.91 Å². The second-order valence-electron chi connectivity index (χ2n) is 6.86. The van der Waals surface area contributed by atoms with Crippen LogP contribution in [0.1, 0.15) is 12.0 Å². The Kier molecular flexibility index (Phi) is 6.29. The number of hydrogen-bond donors (Lipinski definition) is 1. The van der Waals surface area contributed by atoms with Gasteiger partial charge in [0.2, 0.25) is 5.91 Å². The molecule has 1 saturated heterocycles. The average Bonchev–Trinajstić information content (AvgIpc) is 3.10. The van der Waals surface area contributed by atoms with E-state index in [9.17, 15) is 23.2 Å². The van der Waals surface area contributed by atoms with Crippen LogP contribution in [0.4, 0.5) is 20.2 Å². The first-order valence-corrected chi connectivity index (χ1v) is 9.15. The Balaban J connectivity index is 1.59. The normalized spacial score (nSPS) is 15.8. The predicted octanol–water partition coefficient (Wildman–Crippen LogP) is 2.82. The molecule has 2 amide bonds. The molecule has 0 unspecified atom stereocenters. The van der Waals surface area contributed by atoms with Crippen LogP contribution in [-0.2, 0) is 19.1 Å². The van der Waals surface area contributed by atoms with E-state index < -0.39 is 36.0 Å². The second kappa shape index (κ2) is 8.89. The van der Waals surface area contributed by atoms with Crippen molar-refractivity contribution in [3.05, 3.63) is 53.6 Å². The third kappa shape index (κ3) is 4.73. The van der Waals surface area contributed by atoms with Crippen LogP contribution >= 0.6 is 0 Å². The first-order valence-electron chi connectivity index (χ1n) is 9.15. The monoisotopic (exact) mass is 418 g/mol. The van der Waals surface area contributed by atoms with Gasteiger partial charge in [0, 0.05) is 19.0 Å². The number of ether oxygens (including phenoxy) is 2. The Morgan fingerprint density at radius 3 is 2.70 bits per heavy atom. The summed E-state index contributed by atoms with van der Waals surface area (Å²) in [7, 11) is 1.49. The number of benzene rings is 2. The number of aryl methyl sites for hydroxylation is 1. The van der Waals surface area contributed by atoms with Crippen LogP contribution in [0, 0.1) is 24.5 Å². The molecule has 0 saturated carbocycles. The summed E-state index contributed by atoms with van der Waals surface area (Å²) in [5.74, 6) is -3.63. The highest BCUT2D eigenvalue weighted by Gasteiger charge is 2.37. The Morgan fingerprint density at radius 2 is 1.97 bits per heavy atom. The van der Waals surface area contributed by atoms with Gasteiger partial charge in [-0.3, -0.25) is 14.4 Å². The quantitative estimate of drug-likeness (QED) is 0.730. The van der Waals surface area contributed by atoms with Crippen LogP contribution in [0.5, 0.6) is 5.75 Å². The number of esters is 1. The van der Waals surface area contributed by atoms with E-state index in [1.54, 1.807) is 12.1 Å². The van der Waals surface area contributed by atoms with Crippen LogP contribution in [0.25, 0.3) is 0 Å². The Bertz CT molecular complexity index is 995. The summed E-state index contributed by atoms with van der Waals surface area (Å²) in [6, 6.07) is 7.96. The zero-order valence-electron chi connectivity index (χ0n) is 16.4. The Hall–Kier alpha value is -3.49.